The van der Waals surface area contributed by atoms with Crippen LogP contribution in [-0.2, 0) is 4.79 Å². The van der Waals surface area contributed by atoms with Gasteiger partial charge in [0.15, 0.2) is 0 Å². The van der Waals surface area contributed by atoms with Gasteiger partial charge in [-0.05, 0) is 32.0 Å². The highest BCUT2D eigenvalue weighted by Crippen LogP contribution is 2.32. The van der Waals surface area contributed by atoms with Crippen LogP contribution < -0.4 is 11.5 Å². The summed E-state index contributed by atoms with van der Waals surface area (Å²) in [7, 11) is 0. The third-order valence-corrected chi connectivity index (χ3v) is 4.24. The molecule has 0 aliphatic carbocycles. The fraction of sp³-hybridized carbons (Fsp3) is 0.615. The van der Waals surface area contributed by atoms with Gasteiger partial charge in [-0.1, -0.05) is 24.9 Å². The molecule has 0 bridgehead atoms. The lowest BCUT2D eigenvalue weighted by atomic mass is 10.1. The summed E-state index contributed by atoms with van der Waals surface area (Å²) in [5, 5.41) is 0. The molecule has 0 radical (unpaired) electrons. The van der Waals surface area contributed by atoms with Gasteiger partial charge in [0.05, 0.1) is 16.9 Å². The minimum atomic E-state index is -0.329. The lowest BCUT2D eigenvalue weighted by molar-refractivity contribution is -0.119. The van der Waals surface area contributed by atoms with E-state index >= 15 is 0 Å². The first-order valence-electron chi connectivity index (χ1n) is 6.48. The van der Waals surface area contributed by atoms with Crippen LogP contribution in [0.3, 0.4) is 0 Å². The summed E-state index contributed by atoms with van der Waals surface area (Å²) in [5.74, 6) is -0.329. The quantitative estimate of drug-likeness (QED) is 0.774. The van der Waals surface area contributed by atoms with Crippen LogP contribution >= 0.6 is 22.9 Å². The second kappa shape index (κ2) is 7.85. The Labute approximate surface area is 123 Å². The number of rotatable bonds is 8. The predicted molar refractivity (Wildman–Crippen MR) is 81.4 cm³/mol. The lowest BCUT2D eigenvalue weighted by Gasteiger charge is -2.32. The lowest BCUT2D eigenvalue weighted by Crippen LogP contribution is -2.43. The molecule has 0 fully saturated rings. The molecule has 0 spiro atoms. The topological polar surface area (TPSA) is 72.3 Å². The number of unbranched alkanes of at least 4 members (excludes halogenated alkanes) is 1. The van der Waals surface area contributed by atoms with E-state index < -0.39 is 0 Å². The van der Waals surface area contributed by atoms with Crippen LogP contribution in [0.4, 0.5) is 0 Å². The molecule has 0 aromatic carbocycles. The number of thiophene rings is 1. The standard InChI is InChI=1S/C13H22ClN3OS/c1-3-4-7-17(8-12(16)18)13(9(2)15)10-5-6-11(14)19-10/h5-6,9,13H,3-4,7-8,15H2,1-2H3,(H2,16,18). The molecule has 2 atom stereocenters. The summed E-state index contributed by atoms with van der Waals surface area (Å²) >= 11 is 7.50. The Bertz CT molecular complexity index is 408. The van der Waals surface area contributed by atoms with E-state index in [2.05, 4.69) is 11.8 Å². The van der Waals surface area contributed by atoms with Crippen LogP contribution in [-0.4, -0.2) is 29.9 Å². The molecule has 1 aromatic rings. The minimum absolute atomic E-state index is 0.0171. The van der Waals surface area contributed by atoms with Gasteiger partial charge < -0.3 is 11.5 Å². The monoisotopic (exact) mass is 303 g/mol. The van der Waals surface area contributed by atoms with Crippen LogP contribution in [0.2, 0.25) is 4.34 Å². The molecule has 1 rings (SSSR count). The van der Waals surface area contributed by atoms with Crippen molar-refractivity contribution >= 4 is 28.8 Å². The molecule has 0 saturated heterocycles. The predicted octanol–water partition coefficient (Wildman–Crippen LogP) is 2.38. The normalized spacial score (nSPS) is 14.6. The average Bonchev–Trinajstić information content (AvgIpc) is 2.71. The second-order valence-corrected chi connectivity index (χ2v) is 6.48. The minimum Gasteiger partial charge on any atom is -0.369 e. The number of halogens is 1. The molecule has 108 valence electrons. The Morgan fingerprint density at radius 3 is 2.63 bits per heavy atom. The largest absolute Gasteiger partial charge is 0.369 e. The van der Waals surface area contributed by atoms with Crippen molar-refractivity contribution in [1.82, 2.24) is 4.90 Å². The van der Waals surface area contributed by atoms with Crippen molar-refractivity contribution in [2.45, 2.75) is 38.8 Å². The van der Waals surface area contributed by atoms with Crippen LogP contribution in [0.25, 0.3) is 0 Å². The molecule has 2 unspecified atom stereocenters. The number of nitrogens with two attached hydrogens (primary N) is 2. The van der Waals surface area contributed by atoms with Gasteiger partial charge in [0.25, 0.3) is 0 Å². The van der Waals surface area contributed by atoms with Crippen molar-refractivity contribution in [3.05, 3.63) is 21.3 Å². The Hall–Kier alpha value is -0.620. The summed E-state index contributed by atoms with van der Waals surface area (Å²) in [5.41, 5.74) is 11.4. The fourth-order valence-corrected chi connectivity index (χ4v) is 3.45. The van der Waals surface area contributed by atoms with E-state index in [1.54, 1.807) is 0 Å². The first kappa shape index (κ1) is 16.4. The van der Waals surface area contributed by atoms with Crippen LogP contribution in [0, 0.1) is 0 Å². The molecule has 1 aromatic heterocycles. The number of amides is 1. The van der Waals surface area contributed by atoms with E-state index in [4.69, 9.17) is 23.1 Å². The second-order valence-electron chi connectivity index (χ2n) is 4.74. The van der Waals surface area contributed by atoms with Gasteiger partial charge in [-0.3, -0.25) is 9.69 Å². The van der Waals surface area contributed by atoms with Gasteiger partial charge in [-0.15, -0.1) is 11.3 Å². The van der Waals surface area contributed by atoms with Gasteiger partial charge in [0, 0.05) is 10.9 Å². The first-order chi connectivity index (χ1) is 8.95. The fourth-order valence-electron chi connectivity index (χ4n) is 2.14. The van der Waals surface area contributed by atoms with Crippen LogP contribution in [0.15, 0.2) is 12.1 Å². The summed E-state index contributed by atoms with van der Waals surface area (Å²) in [6.45, 7) is 5.09. The summed E-state index contributed by atoms with van der Waals surface area (Å²) in [6.07, 6.45) is 2.07. The molecule has 19 heavy (non-hydrogen) atoms. The van der Waals surface area contributed by atoms with Crippen molar-refractivity contribution in [1.29, 1.82) is 0 Å². The Kier molecular flexibility index (Phi) is 6.79. The van der Waals surface area contributed by atoms with Crippen molar-refractivity contribution < 1.29 is 4.79 Å². The average molecular weight is 304 g/mol. The van der Waals surface area contributed by atoms with Crippen molar-refractivity contribution in [2.24, 2.45) is 11.5 Å². The Morgan fingerprint density at radius 1 is 1.53 bits per heavy atom. The van der Waals surface area contributed by atoms with Gasteiger partial charge in [-0.25, -0.2) is 0 Å². The molecule has 4 nitrogen and oxygen atoms in total. The summed E-state index contributed by atoms with van der Waals surface area (Å²) in [4.78, 5) is 14.4. The van der Waals surface area contributed by atoms with E-state index in [1.807, 2.05) is 19.1 Å². The van der Waals surface area contributed by atoms with Crippen molar-refractivity contribution in [3.63, 3.8) is 0 Å². The molecule has 1 amide bonds. The van der Waals surface area contributed by atoms with E-state index in [0.29, 0.717) is 0 Å². The molecule has 6 heteroatoms. The first-order valence-corrected chi connectivity index (χ1v) is 7.68. The van der Waals surface area contributed by atoms with E-state index in [0.717, 1.165) is 28.6 Å². The maximum Gasteiger partial charge on any atom is 0.231 e. The highest BCUT2D eigenvalue weighted by molar-refractivity contribution is 7.16. The molecule has 4 N–H and O–H groups in total. The third-order valence-electron chi connectivity index (χ3n) is 2.93. The van der Waals surface area contributed by atoms with E-state index in [-0.39, 0.29) is 24.5 Å². The van der Waals surface area contributed by atoms with Gasteiger partial charge >= 0.3 is 0 Å². The zero-order chi connectivity index (χ0) is 14.4. The molecule has 0 aliphatic heterocycles. The molecule has 0 aliphatic rings. The van der Waals surface area contributed by atoms with E-state index in [9.17, 15) is 4.79 Å². The highest BCUT2D eigenvalue weighted by atomic mass is 35.5. The molecule has 0 saturated carbocycles. The number of carbonyl (C=O) groups is 1. The van der Waals surface area contributed by atoms with Gasteiger partial charge in [0.1, 0.15) is 0 Å². The Morgan fingerprint density at radius 2 is 2.21 bits per heavy atom. The van der Waals surface area contributed by atoms with Crippen molar-refractivity contribution in [3.8, 4) is 0 Å². The maximum absolute atomic E-state index is 11.3. The SMILES string of the molecule is CCCCN(CC(N)=O)C(c1ccc(Cl)s1)C(C)N. The van der Waals surface area contributed by atoms with Crippen molar-refractivity contribution in [2.75, 3.05) is 13.1 Å². The number of hydrogen-bond donors (Lipinski definition) is 2. The summed E-state index contributed by atoms with van der Waals surface area (Å²) in [6, 6.07) is 3.72. The smallest absolute Gasteiger partial charge is 0.231 e. The molecular formula is C13H22ClN3OS. The number of primary amides is 1. The Balaban J connectivity index is 2.93. The van der Waals surface area contributed by atoms with Crippen LogP contribution in [0.5, 0.6) is 0 Å². The zero-order valence-electron chi connectivity index (χ0n) is 11.4. The van der Waals surface area contributed by atoms with Gasteiger partial charge in [-0.2, -0.15) is 0 Å². The molecule has 1 heterocycles. The zero-order valence-corrected chi connectivity index (χ0v) is 13.0. The van der Waals surface area contributed by atoms with Gasteiger partial charge in [0.2, 0.25) is 5.91 Å². The third kappa shape index (κ3) is 5.10. The van der Waals surface area contributed by atoms with Crippen LogP contribution in [0.1, 0.15) is 37.6 Å². The number of carbonyl (C=O) groups excluding carboxylic acids is 1. The van der Waals surface area contributed by atoms with E-state index in [1.165, 1.54) is 11.3 Å². The number of hydrogen-bond acceptors (Lipinski definition) is 4. The highest BCUT2D eigenvalue weighted by Gasteiger charge is 2.26. The maximum atomic E-state index is 11.3. The molecular weight excluding hydrogens is 282 g/mol. The summed E-state index contributed by atoms with van der Waals surface area (Å²) < 4.78 is 0.732. The number of nitrogens with zero attached hydrogens (tertiary/aromatic N) is 1.